The predicted molar refractivity (Wildman–Crippen MR) is 138 cm³/mol. The fraction of sp³-hybridized carbons (Fsp3) is 0.440. The quantitative estimate of drug-likeness (QED) is 0.308. The van der Waals surface area contributed by atoms with Crippen molar-refractivity contribution in [3.05, 3.63) is 48.5 Å². The molecule has 1 aliphatic heterocycles. The molecule has 2 heterocycles. The van der Waals surface area contributed by atoms with Crippen LogP contribution in [-0.4, -0.2) is 47.0 Å². The fourth-order valence-electron chi connectivity index (χ4n) is 4.16. The van der Waals surface area contributed by atoms with E-state index in [9.17, 15) is 13.2 Å². The number of hydrogen-bond acceptors (Lipinski definition) is 5. The molecule has 2 aromatic carbocycles. The Morgan fingerprint density at radius 1 is 1.06 bits per heavy atom. The highest BCUT2D eigenvalue weighted by atomic mass is 32.2. The van der Waals surface area contributed by atoms with E-state index in [1.54, 1.807) is 36.0 Å². The van der Waals surface area contributed by atoms with Crippen molar-refractivity contribution in [1.82, 2.24) is 13.9 Å². The normalized spacial score (nSPS) is 15.0. The highest BCUT2D eigenvalue weighted by Gasteiger charge is 2.26. The molecular weight excluding hydrogens is 468 g/mol. The van der Waals surface area contributed by atoms with E-state index in [-0.39, 0.29) is 17.3 Å². The second kappa shape index (κ2) is 11.4. The Kier molecular flexibility index (Phi) is 8.28. The topological polar surface area (TPSA) is 84.3 Å². The van der Waals surface area contributed by atoms with E-state index in [1.165, 1.54) is 10.7 Å². The Labute approximate surface area is 206 Å². The SMILES string of the molecule is CCCCCSc1nc2ccccc2n1CC(=O)Nc1cccc(S(=O)(=O)N2CCCCC2)c1. The van der Waals surface area contributed by atoms with Crippen molar-refractivity contribution in [1.29, 1.82) is 0 Å². The number of benzene rings is 2. The Morgan fingerprint density at radius 2 is 1.85 bits per heavy atom. The van der Waals surface area contributed by atoms with E-state index in [2.05, 4.69) is 12.2 Å². The minimum atomic E-state index is -3.56. The molecule has 0 spiro atoms. The first-order valence-electron chi connectivity index (χ1n) is 12.0. The number of carbonyl (C=O) groups excluding carboxylic acids is 1. The maximum Gasteiger partial charge on any atom is 0.244 e. The third-order valence-corrected chi connectivity index (χ3v) is 8.93. The molecule has 1 amide bonds. The molecule has 0 bridgehead atoms. The standard InChI is InChI=1S/C25H32N4O3S2/c1-2-3-9-17-33-25-27-22-13-5-6-14-23(22)29(25)19-24(30)26-20-11-10-12-21(18-20)34(31,32)28-15-7-4-8-16-28/h5-6,10-14,18H,2-4,7-9,15-17,19H2,1H3,(H,26,30). The first-order valence-corrected chi connectivity index (χ1v) is 14.4. The van der Waals surface area contributed by atoms with Crippen molar-refractivity contribution in [2.45, 2.75) is 62.0 Å². The van der Waals surface area contributed by atoms with Gasteiger partial charge < -0.3 is 9.88 Å². The number of rotatable bonds is 10. The van der Waals surface area contributed by atoms with Crippen LogP contribution < -0.4 is 5.32 Å². The van der Waals surface area contributed by atoms with E-state index in [1.807, 2.05) is 28.8 Å². The van der Waals surface area contributed by atoms with Crippen LogP contribution >= 0.6 is 11.8 Å². The number of amides is 1. The third-order valence-electron chi connectivity index (χ3n) is 5.97. The first-order chi connectivity index (χ1) is 16.5. The largest absolute Gasteiger partial charge is 0.324 e. The summed E-state index contributed by atoms with van der Waals surface area (Å²) in [5, 5.41) is 3.71. The van der Waals surface area contributed by atoms with Crippen molar-refractivity contribution in [3.8, 4) is 0 Å². The number of nitrogens with one attached hydrogen (secondary N) is 1. The molecule has 7 nitrogen and oxygen atoms in total. The summed E-state index contributed by atoms with van der Waals surface area (Å²) in [6.07, 6.45) is 6.26. The number of fused-ring (bicyclic) bond motifs is 1. The maximum absolute atomic E-state index is 13.0. The fourth-order valence-corrected chi connectivity index (χ4v) is 6.74. The predicted octanol–water partition coefficient (Wildman–Crippen LogP) is 5.13. The molecule has 0 unspecified atom stereocenters. The summed E-state index contributed by atoms with van der Waals surface area (Å²) < 4.78 is 29.5. The van der Waals surface area contributed by atoms with Crippen LogP contribution in [0.4, 0.5) is 5.69 Å². The van der Waals surface area contributed by atoms with Gasteiger partial charge in [0.2, 0.25) is 15.9 Å². The van der Waals surface area contributed by atoms with Gasteiger partial charge in [0.25, 0.3) is 0 Å². The van der Waals surface area contributed by atoms with Gasteiger partial charge in [0.05, 0.1) is 15.9 Å². The van der Waals surface area contributed by atoms with Crippen LogP contribution in [0.5, 0.6) is 0 Å². The number of carbonyl (C=O) groups is 1. The molecule has 182 valence electrons. The van der Waals surface area contributed by atoms with Gasteiger partial charge in [0.1, 0.15) is 6.54 Å². The molecule has 4 rings (SSSR count). The van der Waals surface area contributed by atoms with Crippen LogP contribution in [0.1, 0.15) is 45.4 Å². The average molecular weight is 501 g/mol. The molecule has 34 heavy (non-hydrogen) atoms. The summed E-state index contributed by atoms with van der Waals surface area (Å²) in [5.74, 6) is 0.737. The zero-order chi connectivity index (χ0) is 24.0. The van der Waals surface area contributed by atoms with Crippen molar-refractivity contribution >= 4 is 44.4 Å². The van der Waals surface area contributed by atoms with E-state index in [0.717, 1.165) is 54.0 Å². The number of unbranched alkanes of at least 4 members (excludes halogenated alkanes) is 2. The monoisotopic (exact) mass is 500 g/mol. The van der Waals surface area contributed by atoms with Gasteiger partial charge in [0, 0.05) is 24.5 Å². The molecule has 9 heteroatoms. The van der Waals surface area contributed by atoms with Crippen molar-refractivity contribution in [2.75, 3.05) is 24.2 Å². The zero-order valence-electron chi connectivity index (χ0n) is 19.6. The van der Waals surface area contributed by atoms with E-state index in [0.29, 0.717) is 18.8 Å². The summed E-state index contributed by atoms with van der Waals surface area (Å²) in [4.78, 5) is 17.9. The van der Waals surface area contributed by atoms with Gasteiger partial charge in [-0.05, 0) is 49.6 Å². The van der Waals surface area contributed by atoms with Crippen LogP contribution in [0.15, 0.2) is 58.6 Å². The lowest BCUT2D eigenvalue weighted by Crippen LogP contribution is -2.35. The highest BCUT2D eigenvalue weighted by Crippen LogP contribution is 2.26. The minimum absolute atomic E-state index is 0.111. The van der Waals surface area contributed by atoms with Crippen LogP contribution in [0.25, 0.3) is 11.0 Å². The molecule has 0 radical (unpaired) electrons. The summed E-state index contributed by atoms with van der Waals surface area (Å²) in [6.45, 7) is 3.38. The van der Waals surface area contributed by atoms with E-state index < -0.39 is 10.0 Å². The lowest BCUT2D eigenvalue weighted by Gasteiger charge is -2.26. The molecular formula is C25H32N4O3S2. The molecule has 0 aliphatic carbocycles. The number of anilines is 1. The second-order valence-corrected chi connectivity index (χ2v) is 11.6. The van der Waals surface area contributed by atoms with Gasteiger partial charge in [0.15, 0.2) is 5.16 Å². The number of imidazole rings is 1. The molecule has 1 aromatic heterocycles. The van der Waals surface area contributed by atoms with Crippen LogP contribution in [0.2, 0.25) is 0 Å². The van der Waals surface area contributed by atoms with Crippen LogP contribution in [-0.2, 0) is 21.4 Å². The van der Waals surface area contributed by atoms with Gasteiger partial charge in [-0.3, -0.25) is 4.79 Å². The molecule has 0 atom stereocenters. The second-order valence-electron chi connectivity index (χ2n) is 8.57. The highest BCUT2D eigenvalue weighted by molar-refractivity contribution is 7.99. The number of hydrogen-bond donors (Lipinski definition) is 1. The van der Waals surface area contributed by atoms with Crippen molar-refractivity contribution < 1.29 is 13.2 Å². The number of nitrogens with zero attached hydrogens (tertiary/aromatic N) is 3. The minimum Gasteiger partial charge on any atom is -0.324 e. The van der Waals surface area contributed by atoms with Gasteiger partial charge >= 0.3 is 0 Å². The molecule has 1 N–H and O–H groups in total. The zero-order valence-corrected chi connectivity index (χ0v) is 21.2. The van der Waals surface area contributed by atoms with E-state index >= 15 is 0 Å². The van der Waals surface area contributed by atoms with Crippen molar-refractivity contribution in [3.63, 3.8) is 0 Å². The number of para-hydroxylation sites is 2. The van der Waals surface area contributed by atoms with Gasteiger partial charge in [-0.15, -0.1) is 0 Å². The lowest BCUT2D eigenvalue weighted by molar-refractivity contribution is -0.116. The molecule has 1 saturated heterocycles. The third kappa shape index (κ3) is 5.82. The van der Waals surface area contributed by atoms with Crippen LogP contribution in [0.3, 0.4) is 0 Å². The number of aromatic nitrogens is 2. The number of sulfonamides is 1. The lowest BCUT2D eigenvalue weighted by atomic mass is 10.2. The number of piperidine rings is 1. The van der Waals surface area contributed by atoms with Crippen LogP contribution in [0, 0.1) is 0 Å². The Bertz CT molecular complexity index is 1230. The summed E-state index contributed by atoms with van der Waals surface area (Å²) >= 11 is 1.67. The Hall–Kier alpha value is -2.36. The van der Waals surface area contributed by atoms with Gasteiger partial charge in [-0.2, -0.15) is 4.31 Å². The average Bonchev–Trinajstić information content (AvgIpc) is 3.19. The summed E-state index contributed by atoms with van der Waals surface area (Å²) in [5.41, 5.74) is 2.25. The summed E-state index contributed by atoms with van der Waals surface area (Å²) in [7, 11) is -3.56. The van der Waals surface area contributed by atoms with E-state index in [4.69, 9.17) is 4.98 Å². The smallest absolute Gasteiger partial charge is 0.244 e. The maximum atomic E-state index is 13.0. The Morgan fingerprint density at radius 3 is 2.65 bits per heavy atom. The molecule has 0 saturated carbocycles. The van der Waals surface area contributed by atoms with Crippen molar-refractivity contribution in [2.24, 2.45) is 0 Å². The molecule has 3 aromatic rings. The molecule has 1 aliphatic rings. The van der Waals surface area contributed by atoms with Gasteiger partial charge in [-0.25, -0.2) is 13.4 Å². The molecule has 1 fully saturated rings. The number of thioether (sulfide) groups is 1. The first kappa shape index (κ1) is 24.8. The summed E-state index contributed by atoms with van der Waals surface area (Å²) in [6, 6.07) is 14.3. The van der Waals surface area contributed by atoms with Gasteiger partial charge in [-0.1, -0.05) is 56.1 Å². The Balaban J connectivity index is 1.49.